The molecule has 0 spiro atoms. The van der Waals surface area contributed by atoms with E-state index in [9.17, 15) is 0 Å². The Bertz CT molecular complexity index is 358. The average Bonchev–Trinajstić information content (AvgIpc) is 2.92. The summed E-state index contributed by atoms with van der Waals surface area (Å²) in [6, 6.07) is 10.4. The summed E-state index contributed by atoms with van der Waals surface area (Å²) in [5, 5.41) is 11.5. The molecule has 118 valence electrons. The van der Waals surface area contributed by atoms with Gasteiger partial charge in [0.1, 0.15) is 6.61 Å². The van der Waals surface area contributed by atoms with E-state index < -0.39 is 0 Å². The Morgan fingerprint density at radius 2 is 1.81 bits per heavy atom. The van der Waals surface area contributed by atoms with E-state index in [0.29, 0.717) is 0 Å². The van der Waals surface area contributed by atoms with Gasteiger partial charge in [0, 0.05) is 6.04 Å². The molecular weight excluding hydrogens is 264 g/mol. The Labute approximate surface area is 128 Å². The summed E-state index contributed by atoms with van der Waals surface area (Å²) in [7, 11) is 0. The summed E-state index contributed by atoms with van der Waals surface area (Å²) < 4.78 is 0. The van der Waals surface area contributed by atoms with E-state index in [0.717, 1.165) is 11.6 Å². The predicted octanol–water partition coefficient (Wildman–Crippen LogP) is 2.90. The van der Waals surface area contributed by atoms with E-state index in [1.54, 1.807) is 0 Å². The van der Waals surface area contributed by atoms with Crippen LogP contribution in [0.3, 0.4) is 0 Å². The van der Waals surface area contributed by atoms with Crippen molar-refractivity contribution < 1.29 is 10.1 Å². The number of nitrogens with one attached hydrogen (secondary N) is 1. The van der Waals surface area contributed by atoms with E-state index in [1.165, 1.54) is 58.3 Å². The molecule has 0 amide bonds. The Balaban J connectivity index is 0.000000161. The summed E-state index contributed by atoms with van der Waals surface area (Å²) in [6.07, 6.45) is 7.04. The molecule has 0 aromatic heterocycles. The molecule has 1 aromatic rings. The van der Waals surface area contributed by atoms with Crippen LogP contribution in [0.15, 0.2) is 30.3 Å². The lowest BCUT2D eigenvalue weighted by Crippen LogP contribution is -2.33. The van der Waals surface area contributed by atoms with Crippen LogP contribution in [-0.2, 0) is 11.5 Å². The van der Waals surface area contributed by atoms with E-state index in [-0.39, 0.29) is 6.61 Å². The lowest BCUT2D eigenvalue weighted by Gasteiger charge is -2.25. The van der Waals surface area contributed by atoms with Crippen molar-refractivity contribution in [3.05, 3.63) is 35.9 Å². The van der Waals surface area contributed by atoms with Crippen molar-refractivity contribution in [1.29, 1.82) is 0 Å². The SMILES string of the molecule is C1CNCCC(N2CCCC2)C1.OOCc1ccccc1. The molecule has 1 atom stereocenters. The summed E-state index contributed by atoms with van der Waals surface area (Å²) >= 11 is 0. The zero-order valence-corrected chi connectivity index (χ0v) is 12.8. The predicted molar refractivity (Wildman–Crippen MR) is 85.2 cm³/mol. The lowest BCUT2D eigenvalue weighted by molar-refractivity contribution is -0.253. The molecule has 1 aromatic carbocycles. The van der Waals surface area contributed by atoms with E-state index in [2.05, 4.69) is 15.1 Å². The van der Waals surface area contributed by atoms with Gasteiger partial charge in [-0.05, 0) is 63.8 Å². The second-order valence-electron chi connectivity index (χ2n) is 5.84. The summed E-state index contributed by atoms with van der Waals surface area (Å²) in [6.45, 7) is 5.47. The van der Waals surface area contributed by atoms with Crippen LogP contribution in [0.2, 0.25) is 0 Å². The van der Waals surface area contributed by atoms with Crippen molar-refractivity contribution in [3.8, 4) is 0 Å². The first-order valence-corrected chi connectivity index (χ1v) is 8.15. The topological polar surface area (TPSA) is 44.7 Å². The molecule has 2 aliphatic rings. The van der Waals surface area contributed by atoms with E-state index in [1.807, 2.05) is 30.3 Å². The molecular formula is C17H28N2O2. The minimum absolute atomic E-state index is 0.265. The third kappa shape index (κ3) is 6.14. The van der Waals surface area contributed by atoms with Crippen LogP contribution in [0.25, 0.3) is 0 Å². The minimum Gasteiger partial charge on any atom is -0.317 e. The Hall–Kier alpha value is -0.940. The van der Waals surface area contributed by atoms with Crippen LogP contribution in [0.5, 0.6) is 0 Å². The molecule has 21 heavy (non-hydrogen) atoms. The van der Waals surface area contributed by atoms with E-state index >= 15 is 0 Å². The molecule has 0 aliphatic carbocycles. The molecule has 4 nitrogen and oxygen atoms in total. The van der Waals surface area contributed by atoms with Gasteiger partial charge in [-0.3, -0.25) is 5.26 Å². The van der Waals surface area contributed by atoms with Gasteiger partial charge in [0.05, 0.1) is 0 Å². The molecule has 2 saturated heterocycles. The Morgan fingerprint density at radius 3 is 2.52 bits per heavy atom. The zero-order chi connectivity index (χ0) is 14.8. The Kier molecular flexibility index (Phi) is 7.75. The monoisotopic (exact) mass is 292 g/mol. The van der Waals surface area contributed by atoms with Crippen LogP contribution in [0.4, 0.5) is 0 Å². The third-order valence-electron chi connectivity index (χ3n) is 4.28. The van der Waals surface area contributed by atoms with Gasteiger partial charge in [-0.2, -0.15) is 0 Å². The molecule has 1 unspecified atom stereocenters. The summed E-state index contributed by atoms with van der Waals surface area (Å²) in [4.78, 5) is 6.63. The smallest absolute Gasteiger partial charge is 0.107 e. The van der Waals surface area contributed by atoms with Gasteiger partial charge >= 0.3 is 0 Å². The highest BCUT2D eigenvalue weighted by Crippen LogP contribution is 2.18. The van der Waals surface area contributed by atoms with Crippen LogP contribution in [0, 0.1) is 0 Å². The fourth-order valence-corrected chi connectivity index (χ4v) is 3.12. The van der Waals surface area contributed by atoms with E-state index in [4.69, 9.17) is 5.26 Å². The minimum atomic E-state index is 0.265. The first-order chi connectivity index (χ1) is 10.4. The highest BCUT2D eigenvalue weighted by atomic mass is 17.1. The maximum atomic E-state index is 8.02. The molecule has 2 fully saturated rings. The van der Waals surface area contributed by atoms with Gasteiger partial charge in [-0.15, -0.1) is 0 Å². The number of rotatable bonds is 3. The van der Waals surface area contributed by atoms with Crippen LogP contribution >= 0.6 is 0 Å². The van der Waals surface area contributed by atoms with Gasteiger partial charge in [-0.25, -0.2) is 4.89 Å². The molecule has 2 aliphatic heterocycles. The van der Waals surface area contributed by atoms with Gasteiger partial charge in [0.2, 0.25) is 0 Å². The lowest BCUT2D eigenvalue weighted by atomic mass is 10.1. The number of nitrogens with zero attached hydrogens (tertiary/aromatic N) is 1. The van der Waals surface area contributed by atoms with Crippen molar-refractivity contribution in [3.63, 3.8) is 0 Å². The first-order valence-electron chi connectivity index (χ1n) is 8.15. The summed E-state index contributed by atoms with van der Waals surface area (Å²) in [5.74, 6) is 0. The second-order valence-corrected chi connectivity index (χ2v) is 5.84. The quantitative estimate of drug-likeness (QED) is 0.664. The number of likely N-dealkylation sites (tertiary alicyclic amines) is 1. The van der Waals surface area contributed by atoms with Crippen molar-refractivity contribution in [1.82, 2.24) is 10.2 Å². The fraction of sp³-hybridized carbons (Fsp3) is 0.647. The van der Waals surface area contributed by atoms with Gasteiger partial charge in [-0.1, -0.05) is 30.3 Å². The van der Waals surface area contributed by atoms with Crippen LogP contribution in [0.1, 0.15) is 37.7 Å². The van der Waals surface area contributed by atoms with Gasteiger partial charge < -0.3 is 10.2 Å². The van der Waals surface area contributed by atoms with Crippen molar-refractivity contribution >= 4 is 0 Å². The number of hydrogen-bond donors (Lipinski definition) is 2. The molecule has 3 rings (SSSR count). The molecule has 4 heteroatoms. The molecule has 2 heterocycles. The number of hydrogen-bond acceptors (Lipinski definition) is 4. The fourth-order valence-electron chi connectivity index (χ4n) is 3.12. The largest absolute Gasteiger partial charge is 0.317 e. The standard InChI is InChI=1S/C10H20N2.C7H8O2/c1-2-9-12(8-1)10-4-3-6-11-7-5-10;8-9-6-7-4-2-1-3-5-7/h10-11H,1-9H2;1-5,8H,6H2. The Morgan fingerprint density at radius 1 is 1.05 bits per heavy atom. The molecule has 0 saturated carbocycles. The average molecular weight is 292 g/mol. The second kappa shape index (κ2) is 9.90. The molecule has 0 radical (unpaired) electrons. The van der Waals surface area contributed by atoms with Crippen molar-refractivity contribution in [2.75, 3.05) is 26.2 Å². The highest BCUT2D eigenvalue weighted by molar-refractivity contribution is 5.13. The normalized spacial score (nSPS) is 23.2. The van der Waals surface area contributed by atoms with Gasteiger partial charge in [0.15, 0.2) is 0 Å². The van der Waals surface area contributed by atoms with Crippen LogP contribution < -0.4 is 5.32 Å². The van der Waals surface area contributed by atoms with Crippen molar-refractivity contribution in [2.45, 2.75) is 44.8 Å². The first kappa shape index (κ1) is 16.4. The number of benzene rings is 1. The third-order valence-corrected chi connectivity index (χ3v) is 4.28. The highest BCUT2D eigenvalue weighted by Gasteiger charge is 2.21. The van der Waals surface area contributed by atoms with Crippen LogP contribution in [-0.4, -0.2) is 42.4 Å². The molecule has 2 N–H and O–H groups in total. The molecule has 0 bridgehead atoms. The maximum Gasteiger partial charge on any atom is 0.107 e. The maximum absolute atomic E-state index is 8.02. The van der Waals surface area contributed by atoms with Crippen molar-refractivity contribution in [2.24, 2.45) is 0 Å². The summed E-state index contributed by atoms with van der Waals surface area (Å²) in [5.41, 5.74) is 0.972. The van der Waals surface area contributed by atoms with Gasteiger partial charge in [0.25, 0.3) is 0 Å². The zero-order valence-electron chi connectivity index (χ0n) is 12.8.